The summed E-state index contributed by atoms with van der Waals surface area (Å²) in [6.07, 6.45) is 0. The van der Waals surface area contributed by atoms with Crippen LogP contribution < -0.4 is 5.32 Å². The number of carbonyl (C=O) groups excluding carboxylic acids is 2. The molecule has 0 aliphatic carbocycles. The molecule has 0 spiro atoms. The van der Waals surface area contributed by atoms with Crippen molar-refractivity contribution < 1.29 is 18.7 Å². The van der Waals surface area contributed by atoms with E-state index in [1.165, 1.54) is 6.07 Å². The van der Waals surface area contributed by atoms with Crippen molar-refractivity contribution in [3.63, 3.8) is 0 Å². The van der Waals surface area contributed by atoms with Crippen LogP contribution in [0, 0.1) is 0 Å². The minimum absolute atomic E-state index is 0.0229. The maximum atomic E-state index is 11.9. The average Bonchev–Trinajstić information content (AvgIpc) is 2.96. The van der Waals surface area contributed by atoms with Crippen molar-refractivity contribution in [2.24, 2.45) is 0 Å². The number of hydrogen-bond acceptors (Lipinski definition) is 4. The van der Waals surface area contributed by atoms with Crippen LogP contribution in [-0.4, -0.2) is 18.5 Å². The van der Waals surface area contributed by atoms with Gasteiger partial charge in [0.15, 0.2) is 6.61 Å². The molecule has 5 nitrogen and oxygen atoms in total. The number of fused-ring (bicyclic) bond motifs is 1. The number of nitrogens with one attached hydrogen (secondary N) is 1. The average molecular weight is 330 g/mol. The summed E-state index contributed by atoms with van der Waals surface area (Å²) >= 11 is 5.88. The van der Waals surface area contributed by atoms with Crippen LogP contribution in [0.4, 0.5) is 5.69 Å². The van der Waals surface area contributed by atoms with Crippen molar-refractivity contribution in [3.8, 4) is 0 Å². The maximum Gasteiger partial charge on any atom is 0.374 e. The molecule has 0 saturated heterocycles. The van der Waals surface area contributed by atoms with E-state index < -0.39 is 18.5 Å². The molecule has 0 atom stereocenters. The number of amides is 1. The van der Waals surface area contributed by atoms with Gasteiger partial charge in [-0.05, 0) is 36.4 Å². The Hall–Kier alpha value is -2.79. The van der Waals surface area contributed by atoms with Gasteiger partial charge in [0.05, 0.1) is 0 Å². The molecule has 1 amide bonds. The SMILES string of the molecule is O=C(COC(=O)c1cc2cc(Cl)ccc2o1)Nc1ccccc1. The highest BCUT2D eigenvalue weighted by Crippen LogP contribution is 2.23. The standard InChI is InChI=1S/C17H12ClNO4/c18-12-6-7-14-11(8-12)9-15(23-14)17(21)22-10-16(20)19-13-4-2-1-3-5-13/h1-9H,10H2,(H,19,20). The van der Waals surface area contributed by atoms with E-state index in [0.29, 0.717) is 21.7 Å². The normalized spacial score (nSPS) is 10.5. The molecule has 23 heavy (non-hydrogen) atoms. The number of furan rings is 1. The number of hydrogen-bond donors (Lipinski definition) is 1. The lowest BCUT2D eigenvalue weighted by atomic mass is 10.2. The van der Waals surface area contributed by atoms with Gasteiger partial charge in [-0.2, -0.15) is 0 Å². The van der Waals surface area contributed by atoms with E-state index >= 15 is 0 Å². The summed E-state index contributed by atoms with van der Waals surface area (Å²) in [5.74, 6) is -1.11. The summed E-state index contributed by atoms with van der Waals surface area (Å²) in [7, 11) is 0. The minimum atomic E-state index is -0.708. The zero-order valence-corrected chi connectivity index (χ0v) is 12.7. The van der Waals surface area contributed by atoms with Crippen LogP contribution in [0.2, 0.25) is 5.02 Å². The Morgan fingerprint density at radius 1 is 1.09 bits per heavy atom. The minimum Gasteiger partial charge on any atom is -0.450 e. The predicted molar refractivity (Wildman–Crippen MR) is 86.6 cm³/mol. The zero-order valence-electron chi connectivity index (χ0n) is 11.9. The first-order valence-corrected chi connectivity index (χ1v) is 7.21. The number of carbonyl (C=O) groups is 2. The number of anilines is 1. The van der Waals surface area contributed by atoms with E-state index in [2.05, 4.69) is 5.32 Å². The molecule has 1 aromatic heterocycles. The molecule has 0 saturated carbocycles. The van der Waals surface area contributed by atoms with Crippen molar-refractivity contribution in [3.05, 3.63) is 65.4 Å². The summed E-state index contributed by atoms with van der Waals surface area (Å²) in [5.41, 5.74) is 1.15. The lowest BCUT2D eigenvalue weighted by molar-refractivity contribution is -0.119. The fraction of sp³-hybridized carbons (Fsp3) is 0.0588. The van der Waals surface area contributed by atoms with Crippen molar-refractivity contribution in [1.82, 2.24) is 0 Å². The summed E-state index contributed by atoms with van der Waals surface area (Å²) in [4.78, 5) is 23.7. The smallest absolute Gasteiger partial charge is 0.374 e. The van der Waals surface area contributed by atoms with Gasteiger partial charge in [-0.1, -0.05) is 29.8 Å². The predicted octanol–water partition coefficient (Wildman–Crippen LogP) is 3.88. The van der Waals surface area contributed by atoms with Crippen LogP contribution in [0.5, 0.6) is 0 Å². The quantitative estimate of drug-likeness (QED) is 0.737. The second-order valence-corrected chi connectivity index (χ2v) is 5.22. The van der Waals surface area contributed by atoms with E-state index in [1.807, 2.05) is 6.07 Å². The van der Waals surface area contributed by atoms with E-state index in [1.54, 1.807) is 42.5 Å². The lowest BCUT2D eigenvalue weighted by Crippen LogP contribution is -2.20. The molecule has 1 N–H and O–H groups in total. The molecule has 0 aliphatic heterocycles. The molecule has 116 valence electrons. The first-order valence-electron chi connectivity index (χ1n) is 6.83. The molecule has 0 aliphatic rings. The zero-order chi connectivity index (χ0) is 16.2. The topological polar surface area (TPSA) is 68.5 Å². The van der Waals surface area contributed by atoms with Crippen molar-refractivity contribution in [1.29, 1.82) is 0 Å². The van der Waals surface area contributed by atoms with E-state index in [9.17, 15) is 9.59 Å². The number of halogens is 1. The Morgan fingerprint density at radius 2 is 1.87 bits per heavy atom. The second kappa shape index (κ2) is 6.54. The summed E-state index contributed by atoms with van der Waals surface area (Å²) in [6, 6.07) is 15.4. The van der Waals surface area contributed by atoms with Crippen molar-refractivity contribution in [2.45, 2.75) is 0 Å². The van der Waals surface area contributed by atoms with Crippen LogP contribution in [0.3, 0.4) is 0 Å². The van der Waals surface area contributed by atoms with Crippen LogP contribution in [-0.2, 0) is 9.53 Å². The molecular weight excluding hydrogens is 318 g/mol. The van der Waals surface area contributed by atoms with Crippen LogP contribution >= 0.6 is 11.6 Å². The fourth-order valence-electron chi connectivity index (χ4n) is 2.04. The van der Waals surface area contributed by atoms with Gasteiger partial charge in [-0.15, -0.1) is 0 Å². The number of para-hydroxylation sites is 1. The van der Waals surface area contributed by atoms with E-state index in [4.69, 9.17) is 20.8 Å². The number of esters is 1. The van der Waals surface area contributed by atoms with Crippen LogP contribution in [0.15, 0.2) is 59.0 Å². The Balaban J connectivity index is 1.61. The first kappa shape index (κ1) is 15.1. The van der Waals surface area contributed by atoms with Gasteiger partial charge >= 0.3 is 5.97 Å². The monoisotopic (exact) mass is 329 g/mol. The Kier molecular flexibility index (Phi) is 4.30. The molecule has 0 bridgehead atoms. The summed E-state index contributed by atoms with van der Waals surface area (Å²) in [5, 5.41) is 3.85. The fourth-order valence-corrected chi connectivity index (χ4v) is 2.22. The molecule has 1 heterocycles. The van der Waals surface area contributed by atoms with Gasteiger partial charge in [-0.3, -0.25) is 4.79 Å². The van der Waals surface area contributed by atoms with E-state index in [-0.39, 0.29) is 5.76 Å². The van der Waals surface area contributed by atoms with Crippen molar-refractivity contribution >= 4 is 40.1 Å². The second-order valence-electron chi connectivity index (χ2n) is 4.78. The van der Waals surface area contributed by atoms with Crippen molar-refractivity contribution in [2.75, 3.05) is 11.9 Å². The van der Waals surface area contributed by atoms with Crippen LogP contribution in [0.1, 0.15) is 10.6 Å². The highest BCUT2D eigenvalue weighted by Gasteiger charge is 2.15. The Bertz CT molecular complexity index is 857. The highest BCUT2D eigenvalue weighted by atomic mass is 35.5. The molecule has 0 fully saturated rings. The third kappa shape index (κ3) is 3.70. The number of ether oxygens (including phenoxy) is 1. The Morgan fingerprint density at radius 3 is 2.65 bits per heavy atom. The molecule has 2 aromatic carbocycles. The summed E-state index contributed by atoms with van der Waals surface area (Å²) in [6.45, 7) is -0.397. The molecular formula is C17H12ClNO4. The van der Waals surface area contributed by atoms with Crippen LogP contribution in [0.25, 0.3) is 11.0 Å². The molecule has 3 rings (SSSR count). The van der Waals surface area contributed by atoms with Gasteiger partial charge in [0.2, 0.25) is 5.76 Å². The third-order valence-corrected chi connectivity index (χ3v) is 3.31. The highest BCUT2D eigenvalue weighted by molar-refractivity contribution is 6.31. The van der Waals surface area contributed by atoms with Gasteiger partial charge in [0.25, 0.3) is 5.91 Å². The van der Waals surface area contributed by atoms with Gasteiger partial charge in [-0.25, -0.2) is 4.79 Å². The van der Waals surface area contributed by atoms with E-state index in [0.717, 1.165) is 0 Å². The molecule has 6 heteroatoms. The number of benzene rings is 2. The third-order valence-electron chi connectivity index (χ3n) is 3.07. The molecule has 0 radical (unpaired) electrons. The lowest BCUT2D eigenvalue weighted by Gasteiger charge is -2.05. The van der Waals surface area contributed by atoms with Gasteiger partial charge in [0.1, 0.15) is 5.58 Å². The van der Waals surface area contributed by atoms with Gasteiger partial charge in [0, 0.05) is 16.1 Å². The first-order chi connectivity index (χ1) is 11.1. The molecule has 3 aromatic rings. The molecule has 0 unspecified atom stereocenters. The number of rotatable bonds is 4. The van der Waals surface area contributed by atoms with Gasteiger partial charge < -0.3 is 14.5 Å². The Labute approximate surface area is 136 Å². The largest absolute Gasteiger partial charge is 0.450 e. The summed E-state index contributed by atoms with van der Waals surface area (Å²) < 4.78 is 10.3. The maximum absolute atomic E-state index is 11.9.